The molecule has 0 bridgehead atoms. The Labute approximate surface area is 154 Å². The summed E-state index contributed by atoms with van der Waals surface area (Å²) in [5.74, 6) is -0.353. The number of hydrogen-bond acceptors (Lipinski definition) is 7. The quantitative estimate of drug-likeness (QED) is 0.690. The fraction of sp³-hybridized carbons (Fsp3) is 0.529. The van der Waals surface area contributed by atoms with Gasteiger partial charge in [0.25, 0.3) is 5.91 Å². The number of aryl methyl sites for hydroxylation is 2. The molecule has 2 N–H and O–H groups in total. The van der Waals surface area contributed by atoms with Gasteiger partial charge in [-0.25, -0.2) is 14.5 Å². The highest BCUT2D eigenvalue weighted by Gasteiger charge is 2.26. The van der Waals surface area contributed by atoms with Crippen molar-refractivity contribution in [3.8, 4) is 0 Å². The Bertz CT molecular complexity index is 968. The number of carbonyl (C=O) groups excluding carboxylic acids is 1. The number of nitrogens with zero attached hydrogens (tertiary/aromatic N) is 5. The van der Waals surface area contributed by atoms with E-state index in [0.717, 1.165) is 29.5 Å². The van der Waals surface area contributed by atoms with Crippen molar-refractivity contribution >= 4 is 33.1 Å². The van der Waals surface area contributed by atoms with Crippen LogP contribution in [0, 0.1) is 0 Å². The molecular formula is C17H21N5O3S. The van der Waals surface area contributed by atoms with Gasteiger partial charge in [0, 0.05) is 18.0 Å². The highest BCUT2D eigenvalue weighted by Crippen LogP contribution is 2.37. The molecule has 2 unspecified atom stereocenters. The standard InChI is InChI=1S/C17H21N5O3S/c1-9(23)6-21(7-10(2)24)17(25)14-19-15-13-11-4-3-5-12(11)26-16(13)18-8-22(15)20-14/h8-10,23-24H,3-7H2,1-2H3. The van der Waals surface area contributed by atoms with Crippen LogP contribution in [0.2, 0.25) is 0 Å². The van der Waals surface area contributed by atoms with Crippen LogP contribution in [0.25, 0.3) is 15.9 Å². The Morgan fingerprint density at radius 3 is 2.73 bits per heavy atom. The summed E-state index contributed by atoms with van der Waals surface area (Å²) in [6.07, 6.45) is 3.38. The summed E-state index contributed by atoms with van der Waals surface area (Å²) in [7, 11) is 0. The van der Waals surface area contributed by atoms with E-state index in [2.05, 4.69) is 15.1 Å². The molecule has 3 heterocycles. The number of carbonyl (C=O) groups is 1. The maximum Gasteiger partial charge on any atom is 0.293 e. The smallest absolute Gasteiger partial charge is 0.293 e. The number of aliphatic hydroxyl groups is 2. The summed E-state index contributed by atoms with van der Waals surface area (Å²) in [5.41, 5.74) is 1.92. The highest BCUT2D eigenvalue weighted by molar-refractivity contribution is 7.19. The van der Waals surface area contributed by atoms with Gasteiger partial charge in [-0.2, -0.15) is 0 Å². The lowest BCUT2D eigenvalue weighted by Gasteiger charge is -2.23. The van der Waals surface area contributed by atoms with Crippen molar-refractivity contribution in [2.45, 2.75) is 45.3 Å². The molecule has 2 atom stereocenters. The molecule has 0 spiro atoms. The predicted molar refractivity (Wildman–Crippen MR) is 97.5 cm³/mol. The van der Waals surface area contributed by atoms with Crippen molar-refractivity contribution in [3.05, 3.63) is 22.6 Å². The highest BCUT2D eigenvalue weighted by atomic mass is 32.1. The SMILES string of the molecule is CC(O)CN(CC(C)O)C(=O)c1nc2c3c4c(sc3ncn2n1)CCC4. The van der Waals surface area contributed by atoms with E-state index in [1.807, 2.05) is 0 Å². The first-order valence-electron chi connectivity index (χ1n) is 8.75. The van der Waals surface area contributed by atoms with Crippen LogP contribution in [0.5, 0.6) is 0 Å². The van der Waals surface area contributed by atoms with E-state index in [1.54, 1.807) is 36.0 Å². The molecule has 3 aromatic rings. The van der Waals surface area contributed by atoms with Crippen LogP contribution in [-0.4, -0.2) is 65.9 Å². The minimum atomic E-state index is -0.705. The van der Waals surface area contributed by atoms with Crippen molar-refractivity contribution in [1.82, 2.24) is 24.5 Å². The van der Waals surface area contributed by atoms with Gasteiger partial charge in [-0.05, 0) is 38.7 Å². The average Bonchev–Trinajstić information content (AvgIpc) is 3.24. The summed E-state index contributed by atoms with van der Waals surface area (Å²) >= 11 is 1.69. The topological polar surface area (TPSA) is 104 Å². The molecule has 0 radical (unpaired) electrons. The first kappa shape index (κ1) is 17.3. The van der Waals surface area contributed by atoms with E-state index < -0.39 is 18.1 Å². The molecule has 1 aliphatic carbocycles. The molecule has 1 amide bonds. The van der Waals surface area contributed by atoms with Gasteiger partial charge in [0.2, 0.25) is 5.82 Å². The first-order chi connectivity index (χ1) is 12.4. The summed E-state index contributed by atoms with van der Waals surface area (Å²) in [5, 5.41) is 24.6. The largest absolute Gasteiger partial charge is 0.392 e. The minimum absolute atomic E-state index is 0.0542. The third-order valence-electron chi connectivity index (χ3n) is 4.49. The van der Waals surface area contributed by atoms with Crippen LogP contribution in [0.1, 0.15) is 41.3 Å². The normalized spacial score (nSPS) is 16.2. The van der Waals surface area contributed by atoms with Gasteiger partial charge in [-0.3, -0.25) is 4.79 Å². The molecule has 1 aliphatic rings. The van der Waals surface area contributed by atoms with Gasteiger partial charge < -0.3 is 15.1 Å². The fourth-order valence-corrected chi connectivity index (χ4v) is 4.73. The number of amides is 1. The second-order valence-corrected chi connectivity index (χ2v) is 7.98. The molecule has 3 aromatic heterocycles. The number of aromatic nitrogens is 4. The average molecular weight is 375 g/mol. The molecule has 0 aromatic carbocycles. The monoisotopic (exact) mass is 375 g/mol. The Morgan fingerprint density at radius 1 is 1.31 bits per heavy atom. The Morgan fingerprint density at radius 2 is 2.04 bits per heavy atom. The van der Waals surface area contributed by atoms with E-state index in [1.165, 1.54) is 15.3 Å². The number of thiophene rings is 1. The number of fused-ring (bicyclic) bond motifs is 5. The molecule has 26 heavy (non-hydrogen) atoms. The zero-order valence-electron chi connectivity index (χ0n) is 14.7. The van der Waals surface area contributed by atoms with Gasteiger partial charge in [0.05, 0.1) is 17.6 Å². The summed E-state index contributed by atoms with van der Waals surface area (Å²) < 4.78 is 1.55. The van der Waals surface area contributed by atoms with Crippen LogP contribution in [0.4, 0.5) is 0 Å². The zero-order valence-corrected chi connectivity index (χ0v) is 15.5. The zero-order chi connectivity index (χ0) is 18.4. The molecule has 0 saturated carbocycles. The van der Waals surface area contributed by atoms with Gasteiger partial charge in [0.1, 0.15) is 11.2 Å². The molecule has 0 fully saturated rings. The van der Waals surface area contributed by atoms with E-state index in [-0.39, 0.29) is 18.9 Å². The Hall–Kier alpha value is -2.10. The van der Waals surface area contributed by atoms with Gasteiger partial charge in [-0.15, -0.1) is 16.4 Å². The Kier molecular flexibility index (Phi) is 4.37. The second-order valence-electron chi connectivity index (χ2n) is 6.89. The summed E-state index contributed by atoms with van der Waals surface area (Å²) in [6.45, 7) is 3.42. The Balaban J connectivity index is 1.76. The molecule has 4 rings (SSSR count). The van der Waals surface area contributed by atoms with Crippen molar-refractivity contribution in [3.63, 3.8) is 0 Å². The summed E-state index contributed by atoms with van der Waals surface area (Å²) in [6, 6.07) is 0. The molecular weight excluding hydrogens is 354 g/mol. The third-order valence-corrected chi connectivity index (χ3v) is 5.69. The fourth-order valence-electron chi connectivity index (χ4n) is 3.50. The van der Waals surface area contributed by atoms with Crippen molar-refractivity contribution in [1.29, 1.82) is 0 Å². The van der Waals surface area contributed by atoms with Crippen LogP contribution >= 0.6 is 11.3 Å². The van der Waals surface area contributed by atoms with Crippen molar-refractivity contribution in [2.24, 2.45) is 0 Å². The second kappa shape index (κ2) is 6.57. The van der Waals surface area contributed by atoms with Crippen LogP contribution in [-0.2, 0) is 12.8 Å². The van der Waals surface area contributed by atoms with E-state index >= 15 is 0 Å². The van der Waals surface area contributed by atoms with Crippen LogP contribution in [0.3, 0.4) is 0 Å². The third kappa shape index (κ3) is 2.95. The number of hydrogen-bond donors (Lipinski definition) is 2. The first-order valence-corrected chi connectivity index (χ1v) is 9.56. The minimum Gasteiger partial charge on any atom is -0.392 e. The maximum absolute atomic E-state index is 12.8. The summed E-state index contributed by atoms with van der Waals surface area (Å²) in [4.78, 5) is 25.5. The van der Waals surface area contributed by atoms with Crippen molar-refractivity contribution < 1.29 is 15.0 Å². The molecule has 138 valence electrons. The molecule has 9 heteroatoms. The van der Waals surface area contributed by atoms with Crippen LogP contribution in [0.15, 0.2) is 6.33 Å². The van der Waals surface area contributed by atoms with Gasteiger partial charge in [-0.1, -0.05) is 0 Å². The lowest BCUT2D eigenvalue weighted by atomic mass is 10.2. The van der Waals surface area contributed by atoms with Crippen molar-refractivity contribution in [2.75, 3.05) is 13.1 Å². The maximum atomic E-state index is 12.8. The molecule has 8 nitrogen and oxygen atoms in total. The number of aliphatic hydroxyl groups excluding tert-OH is 2. The van der Waals surface area contributed by atoms with Crippen LogP contribution < -0.4 is 0 Å². The number of rotatable bonds is 5. The van der Waals surface area contributed by atoms with Gasteiger partial charge >= 0.3 is 0 Å². The van der Waals surface area contributed by atoms with Gasteiger partial charge in [0.15, 0.2) is 5.65 Å². The van der Waals surface area contributed by atoms with E-state index in [9.17, 15) is 15.0 Å². The predicted octanol–water partition coefficient (Wildman–Crippen LogP) is 1.03. The van der Waals surface area contributed by atoms with E-state index in [4.69, 9.17) is 0 Å². The van der Waals surface area contributed by atoms with E-state index in [0.29, 0.717) is 5.65 Å². The lowest BCUT2D eigenvalue weighted by Crippen LogP contribution is -2.41. The molecule has 0 aliphatic heterocycles. The molecule has 0 saturated heterocycles. The lowest BCUT2D eigenvalue weighted by molar-refractivity contribution is 0.0507.